The van der Waals surface area contributed by atoms with E-state index in [0.717, 1.165) is 55.5 Å². The summed E-state index contributed by atoms with van der Waals surface area (Å²) in [6.07, 6.45) is 10.6. The molecule has 0 spiro atoms. The number of hydrogen-bond acceptors (Lipinski definition) is 3. The molecule has 2 aromatic carbocycles. The van der Waals surface area contributed by atoms with E-state index < -0.39 is 5.82 Å². The number of nitrogens with zero attached hydrogens (tertiary/aromatic N) is 5. The average Bonchev–Trinajstić information content (AvgIpc) is 3.58. The van der Waals surface area contributed by atoms with Crippen molar-refractivity contribution in [2.24, 2.45) is 0 Å². The Labute approximate surface area is 240 Å². The van der Waals surface area contributed by atoms with E-state index in [0.29, 0.717) is 17.2 Å². The van der Waals surface area contributed by atoms with Gasteiger partial charge in [0.05, 0.1) is 29.5 Å². The van der Waals surface area contributed by atoms with Gasteiger partial charge in [-0.15, -0.1) is 0 Å². The third kappa shape index (κ3) is 5.16. The van der Waals surface area contributed by atoms with Crippen LogP contribution in [0.15, 0.2) is 66.8 Å². The van der Waals surface area contributed by atoms with Crippen LogP contribution in [0.5, 0.6) is 0 Å². The molecule has 4 aromatic rings. The number of allylic oxidation sites excluding steroid dienone is 1. The summed E-state index contributed by atoms with van der Waals surface area (Å²) in [6.45, 7) is 14.1. The first-order chi connectivity index (χ1) is 19.8. The van der Waals surface area contributed by atoms with Gasteiger partial charge in [0.15, 0.2) is 5.70 Å². The zero-order valence-electron chi connectivity index (χ0n) is 23.8. The number of halogens is 1. The van der Waals surface area contributed by atoms with E-state index in [-0.39, 0.29) is 11.9 Å². The van der Waals surface area contributed by atoms with Crippen LogP contribution in [0.25, 0.3) is 27.5 Å². The number of rotatable bonds is 6. The molecule has 2 aliphatic rings. The maximum Gasteiger partial charge on any atom is 0.256 e. The maximum absolute atomic E-state index is 14.4. The van der Waals surface area contributed by atoms with Gasteiger partial charge in [0, 0.05) is 43.8 Å². The quantitative estimate of drug-likeness (QED) is 0.248. The summed E-state index contributed by atoms with van der Waals surface area (Å²) in [7, 11) is 1.75. The number of likely N-dealkylation sites (tertiary alicyclic amines) is 1. The molecule has 1 aliphatic heterocycles. The number of pyridine rings is 1. The minimum absolute atomic E-state index is 0.00747. The number of carbonyl (C=O) groups is 1. The van der Waals surface area contributed by atoms with E-state index in [1.165, 1.54) is 34.4 Å². The van der Waals surface area contributed by atoms with Gasteiger partial charge in [-0.1, -0.05) is 24.3 Å². The molecule has 3 heterocycles. The molecule has 7 heteroatoms. The van der Waals surface area contributed by atoms with Crippen LogP contribution in [0.2, 0.25) is 0 Å². The normalized spacial score (nSPS) is 15.7. The highest BCUT2D eigenvalue weighted by Gasteiger charge is 2.26. The first kappa shape index (κ1) is 26.9. The summed E-state index contributed by atoms with van der Waals surface area (Å²) < 4.78 is 16.4. The predicted molar refractivity (Wildman–Crippen MR) is 160 cm³/mol. The standard InChI is InChI=1S/C34H34FN5O/c1-22(2)38(4)34(41)30-18-27(35)7-8-32(30)40-21-31(29-9-12-37-19-33(29)40)24-10-13-39(14-11-24)20-23-5-6-25-16-28(36-3)17-26(25)15-23/h5-9,12,15,17-19,21-22,24H,10-11,13-14,16,20H2,1-2,4H3. The van der Waals surface area contributed by atoms with Crippen LogP contribution in [-0.2, 0) is 13.0 Å². The van der Waals surface area contributed by atoms with E-state index in [9.17, 15) is 9.18 Å². The predicted octanol–water partition coefficient (Wildman–Crippen LogP) is 6.84. The summed E-state index contributed by atoms with van der Waals surface area (Å²) in [5.74, 6) is -0.260. The van der Waals surface area contributed by atoms with Crippen molar-refractivity contribution in [3.8, 4) is 5.69 Å². The van der Waals surface area contributed by atoms with Gasteiger partial charge in [0.1, 0.15) is 5.82 Å². The zero-order valence-corrected chi connectivity index (χ0v) is 23.8. The highest BCUT2D eigenvalue weighted by Crippen LogP contribution is 2.37. The average molecular weight is 548 g/mol. The van der Waals surface area contributed by atoms with Crippen molar-refractivity contribution in [3.63, 3.8) is 0 Å². The molecule has 0 atom stereocenters. The van der Waals surface area contributed by atoms with Crippen LogP contribution in [0, 0.1) is 12.4 Å². The van der Waals surface area contributed by atoms with Crippen LogP contribution in [0.4, 0.5) is 4.39 Å². The molecule has 2 aromatic heterocycles. The topological polar surface area (TPSA) is 45.7 Å². The van der Waals surface area contributed by atoms with Gasteiger partial charge in [-0.3, -0.25) is 14.7 Å². The Balaban J connectivity index is 1.25. The minimum Gasteiger partial charge on any atom is -0.339 e. The van der Waals surface area contributed by atoms with Crippen molar-refractivity contribution in [1.29, 1.82) is 0 Å². The number of carbonyl (C=O) groups excluding carboxylic acids is 1. The fourth-order valence-corrected chi connectivity index (χ4v) is 6.13. The molecule has 0 N–H and O–H groups in total. The largest absolute Gasteiger partial charge is 0.339 e. The van der Waals surface area contributed by atoms with Gasteiger partial charge in [0.25, 0.3) is 5.91 Å². The molecule has 1 amide bonds. The van der Waals surface area contributed by atoms with Crippen molar-refractivity contribution in [2.45, 2.75) is 51.6 Å². The third-order valence-corrected chi connectivity index (χ3v) is 8.66. The first-order valence-corrected chi connectivity index (χ1v) is 14.3. The van der Waals surface area contributed by atoms with Crippen molar-refractivity contribution in [1.82, 2.24) is 19.4 Å². The Morgan fingerprint density at radius 3 is 2.73 bits per heavy atom. The van der Waals surface area contributed by atoms with E-state index in [4.69, 9.17) is 6.57 Å². The first-order valence-electron chi connectivity index (χ1n) is 14.3. The molecule has 0 bridgehead atoms. The molecule has 208 valence electrons. The lowest BCUT2D eigenvalue weighted by atomic mass is 9.89. The van der Waals surface area contributed by atoms with Crippen molar-refractivity contribution < 1.29 is 9.18 Å². The summed E-state index contributed by atoms with van der Waals surface area (Å²) in [5, 5.41) is 1.12. The zero-order chi connectivity index (χ0) is 28.7. The lowest BCUT2D eigenvalue weighted by Crippen LogP contribution is -2.33. The number of amides is 1. The molecule has 0 radical (unpaired) electrons. The molecule has 41 heavy (non-hydrogen) atoms. The van der Waals surface area contributed by atoms with Gasteiger partial charge in [-0.2, -0.15) is 0 Å². The molecule has 0 saturated carbocycles. The number of fused-ring (bicyclic) bond motifs is 2. The molecule has 1 saturated heterocycles. The molecule has 6 rings (SSSR count). The van der Waals surface area contributed by atoms with Crippen LogP contribution in [0.1, 0.15) is 65.2 Å². The van der Waals surface area contributed by atoms with Crippen molar-refractivity contribution in [3.05, 3.63) is 112 Å². The van der Waals surface area contributed by atoms with E-state index >= 15 is 0 Å². The van der Waals surface area contributed by atoms with Gasteiger partial charge < -0.3 is 9.47 Å². The van der Waals surface area contributed by atoms with Gasteiger partial charge in [0.2, 0.25) is 0 Å². The molecule has 1 aliphatic carbocycles. The number of aromatic nitrogens is 2. The molecular weight excluding hydrogens is 513 g/mol. The fourth-order valence-electron chi connectivity index (χ4n) is 6.13. The van der Waals surface area contributed by atoms with E-state index in [2.05, 4.69) is 39.1 Å². The van der Waals surface area contributed by atoms with Gasteiger partial charge >= 0.3 is 0 Å². The maximum atomic E-state index is 14.4. The number of hydrogen-bond donors (Lipinski definition) is 0. The second kappa shape index (κ2) is 10.9. The van der Waals surface area contributed by atoms with Crippen LogP contribution in [0.3, 0.4) is 0 Å². The lowest BCUT2D eigenvalue weighted by Gasteiger charge is -2.32. The highest BCUT2D eigenvalue weighted by atomic mass is 19.1. The number of piperidine rings is 1. The lowest BCUT2D eigenvalue weighted by molar-refractivity contribution is 0.0754. The highest BCUT2D eigenvalue weighted by molar-refractivity contribution is 5.99. The van der Waals surface area contributed by atoms with Crippen molar-refractivity contribution >= 4 is 22.9 Å². The third-order valence-electron chi connectivity index (χ3n) is 8.66. The molecule has 0 unspecified atom stereocenters. The fraction of sp³-hybridized carbons (Fsp3) is 0.324. The van der Waals surface area contributed by atoms with Crippen LogP contribution in [-0.4, -0.2) is 51.4 Å². The Morgan fingerprint density at radius 2 is 1.98 bits per heavy atom. The van der Waals surface area contributed by atoms with E-state index in [1.54, 1.807) is 18.0 Å². The van der Waals surface area contributed by atoms with Crippen LogP contribution >= 0.6 is 0 Å². The molecule has 1 fully saturated rings. The summed E-state index contributed by atoms with van der Waals surface area (Å²) in [6, 6.07) is 13.1. The van der Waals surface area contributed by atoms with E-state index in [1.807, 2.05) is 43.0 Å². The van der Waals surface area contributed by atoms with Crippen LogP contribution < -0.4 is 0 Å². The Bertz CT molecular complexity index is 1700. The summed E-state index contributed by atoms with van der Waals surface area (Å²) in [4.78, 5) is 25.5. The smallest absolute Gasteiger partial charge is 0.256 e. The monoisotopic (exact) mass is 547 g/mol. The molecular formula is C34H34FN5O. The van der Waals surface area contributed by atoms with Gasteiger partial charge in [-0.25, -0.2) is 9.24 Å². The van der Waals surface area contributed by atoms with Crippen molar-refractivity contribution in [2.75, 3.05) is 20.1 Å². The molecule has 6 nitrogen and oxygen atoms in total. The summed E-state index contributed by atoms with van der Waals surface area (Å²) in [5.41, 5.74) is 7.70. The SMILES string of the molecule is [C-]#[N+]C1=Cc2cc(CN3CCC(c4cn(-c5ccc(F)cc5C(=O)N(C)C(C)C)c5cnccc45)CC3)ccc2C1. The second-order valence-corrected chi connectivity index (χ2v) is 11.5. The number of benzene rings is 2. The van der Waals surface area contributed by atoms with Gasteiger partial charge in [-0.05, 0) is 92.2 Å². The Hall–Kier alpha value is -4.28. The second-order valence-electron chi connectivity index (χ2n) is 11.5. The summed E-state index contributed by atoms with van der Waals surface area (Å²) >= 11 is 0. The Kier molecular flexibility index (Phi) is 7.19. The minimum atomic E-state index is -0.428. The Morgan fingerprint density at radius 1 is 1.17 bits per heavy atom.